The number of hydrogen-bond donors (Lipinski definition) is 3. The van der Waals surface area contributed by atoms with Crippen LogP contribution in [0.15, 0.2) is 18.2 Å². The number of rotatable bonds is 3. The summed E-state index contributed by atoms with van der Waals surface area (Å²) in [7, 11) is 0. The second-order valence-electron chi connectivity index (χ2n) is 4.15. The molecule has 0 radical (unpaired) electrons. The minimum Gasteiger partial charge on any atom is -0.397 e. The van der Waals surface area contributed by atoms with E-state index in [1.54, 1.807) is 13.8 Å². The Labute approximate surface area is 89.6 Å². The topological polar surface area (TPSA) is 81.1 Å². The number of amides is 1. The van der Waals surface area contributed by atoms with Crippen molar-refractivity contribution in [2.45, 2.75) is 26.3 Å². The molecule has 0 saturated heterocycles. The van der Waals surface area contributed by atoms with Gasteiger partial charge in [-0.25, -0.2) is 0 Å². The fourth-order valence-electron chi connectivity index (χ4n) is 1.19. The summed E-state index contributed by atoms with van der Waals surface area (Å²) >= 11 is 0. The molecule has 1 aromatic carbocycles. The van der Waals surface area contributed by atoms with Gasteiger partial charge < -0.3 is 16.8 Å². The molecule has 15 heavy (non-hydrogen) atoms. The van der Waals surface area contributed by atoms with Crippen molar-refractivity contribution in [2.75, 3.05) is 11.1 Å². The summed E-state index contributed by atoms with van der Waals surface area (Å²) in [5, 5.41) is 3.03. The lowest BCUT2D eigenvalue weighted by atomic mass is 10.0. The maximum absolute atomic E-state index is 11.1. The fraction of sp³-hybridized carbons (Fsp3) is 0.364. The Morgan fingerprint density at radius 3 is 2.53 bits per heavy atom. The molecule has 0 atom stereocenters. The van der Waals surface area contributed by atoms with E-state index in [4.69, 9.17) is 11.5 Å². The number of anilines is 2. The van der Waals surface area contributed by atoms with Crippen molar-refractivity contribution in [1.29, 1.82) is 0 Å². The maximum Gasteiger partial charge on any atom is 0.242 e. The molecular formula is C11H17N3O. The van der Waals surface area contributed by atoms with E-state index in [9.17, 15) is 4.79 Å². The summed E-state index contributed by atoms with van der Waals surface area (Å²) in [4.78, 5) is 11.1. The van der Waals surface area contributed by atoms with Gasteiger partial charge in [-0.05, 0) is 32.4 Å². The number of hydrogen-bond acceptors (Lipinski definition) is 3. The van der Waals surface area contributed by atoms with E-state index in [0.717, 1.165) is 11.3 Å². The molecule has 0 aliphatic rings. The van der Waals surface area contributed by atoms with Gasteiger partial charge in [-0.15, -0.1) is 0 Å². The highest BCUT2D eigenvalue weighted by Crippen LogP contribution is 2.24. The second kappa shape index (κ2) is 3.81. The summed E-state index contributed by atoms with van der Waals surface area (Å²) in [5.41, 5.74) is 12.7. The average Bonchev–Trinajstić information content (AvgIpc) is 2.12. The number of carbonyl (C=O) groups excluding carboxylic acids is 1. The van der Waals surface area contributed by atoms with Crippen LogP contribution >= 0.6 is 0 Å². The summed E-state index contributed by atoms with van der Waals surface area (Å²) in [6, 6.07) is 5.62. The monoisotopic (exact) mass is 207 g/mol. The highest BCUT2D eigenvalue weighted by molar-refractivity contribution is 5.88. The van der Waals surface area contributed by atoms with E-state index in [2.05, 4.69) is 5.32 Å². The molecule has 0 aliphatic heterocycles. The maximum atomic E-state index is 11.1. The smallest absolute Gasteiger partial charge is 0.242 e. The van der Waals surface area contributed by atoms with E-state index >= 15 is 0 Å². The third-order valence-electron chi connectivity index (χ3n) is 2.39. The first-order valence-corrected chi connectivity index (χ1v) is 4.78. The van der Waals surface area contributed by atoms with Crippen LogP contribution in [0.3, 0.4) is 0 Å². The van der Waals surface area contributed by atoms with Gasteiger partial charge in [-0.2, -0.15) is 0 Å². The van der Waals surface area contributed by atoms with Crippen LogP contribution in [0, 0.1) is 6.92 Å². The van der Waals surface area contributed by atoms with E-state index in [1.165, 1.54) is 0 Å². The van der Waals surface area contributed by atoms with Crippen molar-refractivity contribution < 1.29 is 4.79 Å². The van der Waals surface area contributed by atoms with Crippen molar-refractivity contribution in [1.82, 2.24) is 0 Å². The van der Waals surface area contributed by atoms with Crippen molar-refractivity contribution in [2.24, 2.45) is 5.73 Å². The molecule has 0 heterocycles. The fourth-order valence-corrected chi connectivity index (χ4v) is 1.19. The lowest BCUT2D eigenvalue weighted by molar-refractivity contribution is -0.121. The lowest BCUT2D eigenvalue weighted by Crippen LogP contribution is -2.45. The zero-order chi connectivity index (χ0) is 11.6. The number of aryl methyl sites for hydroxylation is 1. The van der Waals surface area contributed by atoms with Crippen LogP contribution in [0.2, 0.25) is 0 Å². The van der Waals surface area contributed by atoms with Crippen LogP contribution in [0.5, 0.6) is 0 Å². The molecule has 0 spiro atoms. The largest absolute Gasteiger partial charge is 0.397 e. The highest BCUT2D eigenvalue weighted by atomic mass is 16.1. The number of nitrogens with one attached hydrogen (secondary N) is 1. The minimum atomic E-state index is -0.804. The third-order valence-corrected chi connectivity index (χ3v) is 2.39. The standard InChI is InChI=1S/C11H17N3O/c1-7-5-4-6-8(9(7)12)14-11(2,3)10(13)15/h4-6,14H,12H2,1-3H3,(H2,13,15). The van der Waals surface area contributed by atoms with Gasteiger partial charge in [0.15, 0.2) is 0 Å². The molecule has 0 aliphatic carbocycles. The van der Waals surface area contributed by atoms with Gasteiger partial charge in [0.05, 0.1) is 11.4 Å². The zero-order valence-electron chi connectivity index (χ0n) is 9.29. The third kappa shape index (κ3) is 2.40. The zero-order valence-corrected chi connectivity index (χ0v) is 9.29. The summed E-state index contributed by atoms with van der Waals surface area (Å²) in [6.07, 6.45) is 0. The SMILES string of the molecule is Cc1cccc(NC(C)(C)C(N)=O)c1N. The minimum absolute atomic E-state index is 0.414. The quantitative estimate of drug-likeness (QED) is 0.652. The molecule has 1 amide bonds. The number of carbonyl (C=O) groups is 1. The van der Waals surface area contributed by atoms with Crippen molar-refractivity contribution in [3.05, 3.63) is 23.8 Å². The predicted octanol–water partition coefficient (Wildman–Crippen LogP) is 1.25. The van der Waals surface area contributed by atoms with Gasteiger partial charge in [-0.3, -0.25) is 4.79 Å². The van der Waals surface area contributed by atoms with Crippen LogP contribution in [0.4, 0.5) is 11.4 Å². The average molecular weight is 207 g/mol. The first-order chi connectivity index (χ1) is 6.84. The van der Waals surface area contributed by atoms with Crippen molar-refractivity contribution in [3.63, 3.8) is 0 Å². The first-order valence-electron chi connectivity index (χ1n) is 4.78. The Bertz CT molecular complexity index is 385. The molecule has 1 aromatic rings. The van der Waals surface area contributed by atoms with Gasteiger partial charge in [0.25, 0.3) is 0 Å². The predicted molar refractivity (Wildman–Crippen MR) is 62.5 cm³/mol. The molecule has 4 nitrogen and oxygen atoms in total. The number of primary amides is 1. The molecular weight excluding hydrogens is 190 g/mol. The van der Waals surface area contributed by atoms with Crippen LogP contribution in [-0.2, 0) is 4.79 Å². The summed E-state index contributed by atoms with van der Waals surface area (Å²) < 4.78 is 0. The Kier molecular flexibility index (Phi) is 2.88. The van der Waals surface area contributed by atoms with Gasteiger partial charge in [0, 0.05) is 0 Å². The molecule has 0 unspecified atom stereocenters. The molecule has 82 valence electrons. The van der Waals surface area contributed by atoms with Gasteiger partial charge in [0.2, 0.25) is 5.91 Å². The molecule has 0 bridgehead atoms. The van der Waals surface area contributed by atoms with Crippen LogP contribution in [0.1, 0.15) is 19.4 Å². The van der Waals surface area contributed by atoms with Gasteiger partial charge in [-0.1, -0.05) is 12.1 Å². The molecule has 5 N–H and O–H groups in total. The molecule has 0 aromatic heterocycles. The number of benzene rings is 1. The van der Waals surface area contributed by atoms with Crippen molar-refractivity contribution >= 4 is 17.3 Å². The lowest BCUT2D eigenvalue weighted by Gasteiger charge is -2.25. The van der Waals surface area contributed by atoms with E-state index < -0.39 is 11.4 Å². The van der Waals surface area contributed by atoms with Crippen molar-refractivity contribution in [3.8, 4) is 0 Å². The second-order valence-corrected chi connectivity index (χ2v) is 4.15. The summed E-state index contributed by atoms with van der Waals surface area (Å²) in [5.74, 6) is -0.414. The Morgan fingerprint density at radius 2 is 2.00 bits per heavy atom. The number of para-hydroxylation sites is 1. The number of nitrogens with two attached hydrogens (primary N) is 2. The van der Waals surface area contributed by atoms with Crippen LogP contribution in [0.25, 0.3) is 0 Å². The molecule has 4 heteroatoms. The van der Waals surface area contributed by atoms with E-state index in [-0.39, 0.29) is 0 Å². The summed E-state index contributed by atoms with van der Waals surface area (Å²) in [6.45, 7) is 5.35. The van der Waals surface area contributed by atoms with Gasteiger partial charge in [0.1, 0.15) is 5.54 Å². The normalized spacial score (nSPS) is 11.1. The van der Waals surface area contributed by atoms with Gasteiger partial charge >= 0.3 is 0 Å². The Balaban J connectivity index is 3.00. The van der Waals surface area contributed by atoms with Crippen LogP contribution in [-0.4, -0.2) is 11.4 Å². The highest BCUT2D eigenvalue weighted by Gasteiger charge is 2.25. The first kappa shape index (κ1) is 11.4. The van der Waals surface area contributed by atoms with E-state index in [1.807, 2.05) is 25.1 Å². The molecule has 0 saturated carbocycles. The number of nitrogen functional groups attached to an aromatic ring is 1. The molecule has 1 rings (SSSR count). The molecule has 0 fully saturated rings. The Morgan fingerprint density at radius 1 is 1.40 bits per heavy atom. The van der Waals surface area contributed by atoms with E-state index in [0.29, 0.717) is 5.69 Å². The van der Waals surface area contributed by atoms with Crippen LogP contribution < -0.4 is 16.8 Å². The Hall–Kier alpha value is -1.71.